The third kappa shape index (κ3) is 3.88. The summed E-state index contributed by atoms with van der Waals surface area (Å²) in [7, 11) is 0. The normalized spacial score (nSPS) is 12.5. The van der Waals surface area contributed by atoms with Gasteiger partial charge in [0.2, 0.25) is 5.88 Å². The largest absolute Gasteiger partial charge is 0.481 e. The highest BCUT2D eigenvalue weighted by Gasteiger charge is 2.12. The fourth-order valence-corrected chi connectivity index (χ4v) is 1.38. The van der Waals surface area contributed by atoms with Gasteiger partial charge in [0.05, 0.1) is 12.5 Å². The minimum absolute atomic E-state index is 0.0672. The summed E-state index contributed by atoms with van der Waals surface area (Å²) in [5.74, 6) is -0.373. The number of carbonyl (C=O) groups is 1. The van der Waals surface area contributed by atoms with E-state index in [2.05, 4.69) is 4.98 Å². The SMILES string of the molecule is CC(C)Oc1cccc(C(C)CC(=O)O)n1. The van der Waals surface area contributed by atoms with Crippen LogP contribution < -0.4 is 4.74 Å². The van der Waals surface area contributed by atoms with Gasteiger partial charge in [0, 0.05) is 17.7 Å². The van der Waals surface area contributed by atoms with Crippen molar-refractivity contribution in [1.29, 1.82) is 0 Å². The Labute approximate surface area is 95.3 Å². The van der Waals surface area contributed by atoms with Crippen LogP contribution in [-0.4, -0.2) is 22.2 Å². The van der Waals surface area contributed by atoms with Crippen molar-refractivity contribution in [3.05, 3.63) is 23.9 Å². The fourth-order valence-electron chi connectivity index (χ4n) is 1.38. The fraction of sp³-hybridized carbons (Fsp3) is 0.500. The number of aromatic nitrogens is 1. The molecule has 0 bridgehead atoms. The van der Waals surface area contributed by atoms with Crippen LogP contribution in [0.15, 0.2) is 18.2 Å². The molecule has 1 heterocycles. The van der Waals surface area contributed by atoms with Gasteiger partial charge in [0.15, 0.2) is 0 Å². The Hall–Kier alpha value is -1.58. The lowest BCUT2D eigenvalue weighted by atomic mass is 10.0. The van der Waals surface area contributed by atoms with E-state index in [1.807, 2.05) is 32.9 Å². The summed E-state index contributed by atoms with van der Waals surface area (Å²) >= 11 is 0. The lowest BCUT2D eigenvalue weighted by Crippen LogP contribution is -2.09. The molecule has 1 aromatic heterocycles. The van der Waals surface area contributed by atoms with E-state index in [9.17, 15) is 4.79 Å². The highest BCUT2D eigenvalue weighted by Crippen LogP contribution is 2.19. The molecule has 0 radical (unpaired) electrons. The zero-order valence-corrected chi connectivity index (χ0v) is 9.80. The van der Waals surface area contributed by atoms with E-state index in [-0.39, 0.29) is 18.4 Å². The summed E-state index contributed by atoms with van der Waals surface area (Å²) in [6.07, 6.45) is 0.149. The van der Waals surface area contributed by atoms with E-state index in [1.165, 1.54) is 0 Å². The van der Waals surface area contributed by atoms with Gasteiger partial charge in [0.1, 0.15) is 0 Å². The number of ether oxygens (including phenoxy) is 1. The maximum atomic E-state index is 10.6. The second-order valence-electron chi connectivity index (χ2n) is 4.07. The number of carboxylic acid groups (broad SMARTS) is 1. The molecule has 0 fully saturated rings. The summed E-state index contributed by atoms with van der Waals surface area (Å²) in [6.45, 7) is 5.69. The van der Waals surface area contributed by atoms with E-state index >= 15 is 0 Å². The second-order valence-corrected chi connectivity index (χ2v) is 4.07. The van der Waals surface area contributed by atoms with E-state index in [0.717, 1.165) is 5.69 Å². The summed E-state index contributed by atoms with van der Waals surface area (Å²) in [6, 6.07) is 5.43. The molecule has 4 heteroatoms. The van der Waals surface area contributed by atoms with Gasteiger partial charge >= 0.3 is 5.97 Å². The third-order valence-electron chi connectivity index (χ3n) is 2.09. The molecule has 0 amide bonds. The van der Waals surface area contributed by atoms with Crippen LogP contribution in [0.2, 0.25) is 0 Å². The number of rotatable bonds is 5. The lowest BCUT2D eigenvalue weighted by Gasteiger charge is -2.12. The molecule has 0 aliphatic carbocycles. The average molecular weight is 223 g/mol. The Morgan fingerprint density at radius 3 is 2.69 bits per heavy atom. The van der Waals surface area contributed by atoms with Crippen LogP contribution in [-0.2, 0) is 4.79 Å². The first-order valence-corrected chi connectivity index (χ1v) is 5.34. The number of hydrogen-bond donors (Lipinski definition) is 1. The number of aliphatic carboxylic acids is 1. The molecule has 1 unspecified atom stereocenters. The summed E-state index contributed by atoms with van der Waals surface area (Å²) < 4.78 is 5.45. The summed E-state index contributed by atoms with van der Waals surface area (Å²) in [5.41, 5.74) is 0.751. The molecule has 0 aromatic carbocycles. The van der Waals surface area contributed by atoms with E-state index < -0.39 is 5.97 Å². The van der Waals surface area contributed by atoms with Crippen LogP contribution in [0.25, 0.3) is 0 Å². The Bertz CT molecular complexity index is 363. The predicted molar refractivity (Wildman–Crippen MR) is 60.7 cm³/mol. The number of hydrogen-bond acceptors (Lipinski definition) is 3. The monoisotopic (exact) mass is 223 g/mol. The highest BCUT2D eigenvalue weighted by atomic mass is 16.5. The lowest BCUT2D eigenvalue weighted by molar-refractivity contribution is -0.137. The van der Waals surface area contributed by atoms with E-state index in [0.29, 0.717) is 5.88 Å². The minimum atomic E-state index is -0.815. The topological polar surface area (TPSA) is 59.4 Å². The van der Waals surface area contributed by atoms with E-state index in [1.54, 1.807) is 6.07 Å². The van der Waals surface area contributed by atoms with Crippen LogP contribution in [0.5, 0.6) is 5.88 Å². The molecule has 0 aliphatic rings. The van der Waals surface area contributed by atoms with E-state index in [4.69, 9.17) is 9.84 Å². The molecule has 16 heavy (non-hydrogen) atoms. The molecule has 88 valence electrons. The van der Waals surface area contributed by atoms with Gasteiger partial charge in [0.25, 0.3) is 0 Å². The smallest absolute Gasteiger partial charge is 0.304 e. The number of pyridine rings is 1. The molecule has 4 nitrogen and oxygen atoms in total. The quantitative estimate of drug-likeness (QED) is 0.832. The Morgan fingerprint density at radius 1 is 1.44 bits per heavy atom. The van der Waals surface area contributed by atoms with Crippen molar-refractivity contribution in [2.45, 2.75) is 39.2 Å². The Balaban J connectivity index is 2.77. The van der Waals surface area contributed by atoms with Crippen molar-refractivity contribution < 1.29 is 14.6 Å². The van der Waals surface area contributed by atoms with Gasteiger partial charge in [-0.2, -0.15) is 0 Å². The predicted octanol–water partition coefficient (Wildman–Crippen LogP) is 2.45. The van der Waals surface area contributed by atoms with Crippen molar-refractivity contribution in [3.63, 3.8) is 0 Å². The maximum absolute atomic E-state index is 10.6. The minimum Gasteiger partial charge on any atom is -0.481 e. The summed E-state index contributed by atoms with van der Waals surface area (Å²) in [5, 5.41) is 8.70. The molecule has 1 atom stereocenters. The molecular weight excluding hydrogens is 206 g/mol. The van der Waals surface area contributed by atoms with Crippen LogP contribution in [0.3, 0.4) is 0 Å². The zero-order valence-electron chi connectivity index (χ0n) is 9.80. The first-order chi connectivity index (χ1) is 7.49. The van der Waals surface area contributed by atoms with Gasteiger partial charge in [-0.15, -0.1) is 0 Å². The third-order valence-corrected chi connectivity index (χ3v) is 2.09. The molecular formula is C12H17NO3. The molecule has 0 spiro atoms. The molecule has 0 aliphatic heterocycles. The van der Waals surface area contributed by atoms with Crippen molar-refractivity contribution in [1.82, 2.24) is 4.98 Å². The molecule has 0 saturated heterocycles. The highest BCUT2D eigenvalue weighted by molar-refractivity contribution is 5.67. The van der Waals surface area contributed by atoms with Gasteiger partial charge in [-0.3, -0.25) is 4.79 Å². The Kier molecular flexibility index (Phi) is 4.28. The average Bonchev–Trinajstić information content (AvgIpc) is 2.16. The van der Waals surface area contributed by atoms with Crippen molar-refractivity contribution in [2.24, 2.45) is 0 Å². The standard InChI is InChI=1S/C12H17NO3/c1-8(2)16-11-6-4-5-10(13-11)9(3)7-12(14)15/h4-6,8-9H,7H2,1-3H3,(H,14,15). The Morgan fingerprint density at radius 2 is 2.12 bits per heavy atom. The van der Waals surface area contributed by atoms with Crippen molar-refractivity contribution in [2.75, 3.05) is 0 Å². The van der Waals surface area contributed by atoms with Gasteiger partial charge in [-0.25, -0.2) is 4.98 Å². The summed E-state index contributed by atoms with van der Waals surface area (Å²) in [4.78, 5) is 14.9. The number of carboxylic acids is 1. The maximum Gasteiger partial charge on any atom is 0.304 e. The number of nitrogens with zero attached hydrogens (tertiary/aromatic N) is 1. The van der Waals surface area contributed by atoms with Crippen LogP contribution in [0, 0.1) is 0 Å². The first kappa shape index (κ1) is 12.5. The van der Waals surface area contributed by atoms with Crippen LogP contribution >= 0.6 is 0 Å². The van der Waals surface area contributed by atoms with Crippen molar-refractivity contribution >= 4 is 5.97 Å². The van der Waals surface area contributed by atoms with Gasteiger partial charge in [-0.1, -0.05) is 13.0 Å². The van der Waals surface area contributed by atoms with Gasteiger partial charge < -0.3 is 9.84 Å². The zero-order chi connectivity index (χ0) is 12.1. The molecule has 1 N–H and O–H groups in total. The van der Waals surface area contributed by atoms with Crippen LogP contribution in [0.1, 0.15) is 38.8 Å². The first-order valence-electron chi connectivity index (χ1n) is 5.34. The second kappa shape index (κ2) is 5.49. The van der Waals surface area contributed by atoms with Crippen molar-refractivity contribution in [3.8, 4) is 5.88 Å². The molecule has 1 aromatic rings. The van der Waals surface area contributed by atoms with Crippen LogP contribution in [0.4, 0.5) is 0 Å². The molecule has 0 saturated carbocycles. The van der Waals surface area contributed by atoms with Gasteiger partial charge in [-0.05, 0) is 19.9 Å². The molecule has 1 rings (SSSR count).